The van der Waals surface area contributed by atoms with Crippen LogP contribution in [0, 0.1) is 0 Å². The van der Waals surface area contributed by atoms with Crippen molar-refractivity contribution in [1.29, 1.82) is 0 Å². The van der Waals surface area contributed by atoms with E-state index >= 15 is 0 Å². The van der Waals surface area contributed by atoms with Crippen molar-refractivity contribution in [3.05, 3.63) is 59.8 Å². The van der Waals surface area contributed by atoms with E-state index < -0.39 is 0 Å². The van der Waals surface area contributed by atoms with Crippen molar-refractivity contribution < 1.29 is 14.3 Å². The van der Waals surface area contributed by atoms with E-state index in [0.717, 1.165) is 26.4 Å². The number of hydrogen-bond donors (Lipinski definition) is 1. The highest BCUT2D eigenvalue weighted by molar-refractivity contribution is 7.23. The molecule has 4 rings (SSSR count). The van der Waals surface area contributed by atoms with Gasteiger partial charge < -0.3 is 10.1 Å². The lowest BCUT2D eigenvalue weighted by molar-refractivity contribution is 0.0526. The number of benzene rings is 2. The monoisotopic (exact) mass is 379 g/mol. The number of ether oxygens (including phenoxy) is 1. The molecule has 0 radical (unpaired) electrons. The van der Waals surface area contributed by atoms with Gasteiger partial charge in [-0.25, -0.2) is 9.78 Å². The molecule has 27 heavy (non-hydrogen) atoms. The van der Waals surface area contributed by atoms with Crippen LogP contribution in [0.15, 0.2) is 48.7 Å². The summed E-state index contributed by atoms with van der Waals surface area (Å²) < 4.78 is 8.05. The molecule has 0 aliphatic heterocycles. The van der Waals surface area contributed by atoms with Crippen LogP contribution in [0.1, 0.15) is 27.6 Å². The fourth-order valence-electron chi connectivity index (χ4n) is 2.92. The largest absolute Gasteiger partial charge is 0.462 e. The van der Waals surface area contributed by atoms with Crippen LogP contribution in [-0.4, -0.2) is 34.9 Å². The number of rotatable bonds is 4. The molecule has 0 spiro atoms. The Morgan fingerprint density at radius 2 is 1.89 bits per heavy atom. The first-order chi connectivity index (χ1) is 13.1. The van der Waals surface area contributed by atoms with Crippen molar-refractivity contribution >= 4 is 38.4 Å². The first-order valence-electron chi connectivity index (χ1n) is 8.52. The Kier molecular flexibility index (Phi) is 4.37. The summed E-state index contributed by atoms with van der Waals surface area (Å²) in [5.41, 5.74) is 3.91. The van der Waals surface area contributed by atoms with Gasteiger partial charge in [0, 0.05) is 24.4 Å². The molecule has 0 bridgehead atoms. The zero-order valence-corrected chi connectivity index (χ0v) is 15.7. The van der Waals surface area contributed by atoms with E-state index in [-0.39, 0.29) is 11.9 Å². The summed E-state index contributed by atoms with van der Waals surface area (Å²) in [6, 6.07) is 12.9. The van der Waals surface area contributed by atoms with E-state index in [9.17, 15) is 9.59 Å². The Hall–Kier alpha value is -3.19. The number of nitrogens with one attached hydrogen (secondary N) is 1. The number of carbonyl (C=O) groups excluding carboxylic acids is 2. The summed E-state index contributed by atoms with van der Waals surface area (Å²) >= 11 is 1.52. The van der Waals surface area contributed by atoms with Gasteiger partial charge in [-0.2, -0.15) is 0 Å². The van der Waals surface area contributed by atoms with Gasteiger partial charge in [-0.15, -0.1) is 0 Å². The van der Waals surface area contributed by atoms with Crippen LogP contribution in [0.3, 0.4) is 0 Å². The minimum atomic E-state index is -0.317. The first-order valence-corrected chi connectivity index (χ1v) is 9.33. The minimum absolute atomic E-state index is 0.115. The molecule has 0 atom stereocenters. The second-order valence-corrected chi connectivity index (χ2v) is 6.95. The SMILES string of the molecule is CCOC(=O)c1ccc2c(c1)sc1nc(-c3ccc(C(=O)NC)cc3)cn12. The summed E-state index contributed by atoms with van der Waals surface area (Å²) in [6.45, 7) is 2.14. The Labute approximate surface area is 159 Å². The quantitative estimate of drug-likeness (QED) is 0.548. The van der Waals surface area contributed by atoms with Gasteiger partial charge in [-0.3, -0.25) is 9.20 Å². The molecule has 1 N–H and O–H groups in total. The molecule has 0 aliphatic carbocycles. The normalized spacial score (nSPS) is 11.0. The van der Waals surface area contributed by atoms with Crippen molar-refractivity contribution in [1.82, 2.24) is 14.7 Å². The van der Waals surface area contributed by atoms with E-state index in [4.69, 9.17) is 9.72 Å². The van der Waals surface area contributed by atoms with Crippen molar-refractivity contribution in [2.24, 2.45) is 0 Å². The predicted octanol–water partition coefficient (Wildman–Crippen LogP) is 3.75. The number of carbonyl (C=O) groups is 2. The molecular weight excluding hydrogens is 362 g/mol. The summed E-state index contributed by atoms with van der Waals surface area (Å²) in [5, 5.41) is 2.61. The standard InChI is InChI=1S/C20H17N3O3S/c1-3-26-19(25)14-8-9-16-17(10-14)27-20-22-15(11-23(16)20)12-4-6-13(7-5-12)18(24)21-2/h4-11H,3H2,1-2H3,(H,21,24). The predicted molar refractivity (Wildman–Crippen MR) is 105 cm³/mol. The average molecular weight is 379 g/mol. The maximum absolute atomic E-state index is 11.9. The third kappa shape index (κ3) is 3.06. The molecule has 7 heteroatoms. The molecular formula is C20H17N3O3S. The molecule has 0 saturated heterocycles. The van der Waals surface area contributed by atoms with Gasteiger partial charge in [0.1, 0.15) is 0 Å². The highest BCUT2D eigenvalue weighted by Gasteiger charge is 2.14. The summed E-state index contributed by atoms with van der Waals surface area (Å²) in [6.07, 6.45) is 1.97. The molecule has 2 aromatic heterocycles. The van der Waals surface area contributed by atoms with Gasteiger partial charge >= 0.3 is 5.97 Å². The van der Waals surface area contributed by atoms with Crippen LogP contribution < -0.4 is 5.32 Å². The molecule has 2 heterocycles. The van der Waals surface area contributed by atoms with E-state index in [1.807, 2.05) is 34.9 Å². The fourth-order valence-corrected chi connectivity index (χ4v) is 3.97. The van der Waals surface area contributed by atoms with Gasteiger partial charge in [-0.1, -0.05) is 23.5 Å². The van der Waals surface area contributed by atoms with Crippen molar-refractivity contribution in [2.75, 3.05) is 13.7 Å². The smallest absolute Gasteiger partial charge is 0.338 e. The fraction of sp³-hybridized carbons (Fsp3) is 0.150. The summed E-state index contributed by atoms with van der Waals surface area (Å²) in [4.78, 5) is 29.1. The van der Waals surface area contributed by atoms with E-state index in [1.54, 1.807) is 32.2 Å². The van der Waals surface area contributed by atoms with E-state index in [0.29, 0.717) is 17.7 Å². The second-order valence-electron chi connectivity index (χ2n) is 5.94. The molecule has 0 fully saturated rings. The van der Waals surface area contributed by atoms with Crippen LogP contribution in [0.2, 0.25) is 0 Å². The van der Waals surface area contributed by atoms with Crippen LogP contribution in [0.25, 0.3) is 26.4 Å². The number of imidazole rings is 1. The van der Waals surface area contributed by atoms with Crippen LogP contribution in [-0.2, 0) is 4.74 Å². The van der Waals surface area contributed by atoms with Crippen molar-refractivity contribution in [3.63, 3.8) is 0 Å². The van der Waals surface area contributed by atoms with Gasteiger partial charge in [0.05, 0.1) is 28.1 Å². The number of esters is 1. The lowest BCUT2D eigenvalue weighted by Gasteiger charge is -2.02. The average Bonchev–Trinajstić information content (AvgIpc) is 3.25. The number of amides is 1. The molecule has 2 aromatic carbocycles. The second kappa shape index (κ2) is 6.85. The van der Waals surface area contributed by atoms with Crippen LogP contribution >= 0.6 is 11.3 Å². The molecule has 6 nitrogen and oxygen atoms in total. The third-order valence-electron chi connectivity index (χ3n) is 4.28. The van der Waals surface area contributed by atoms with Gasteiger partial charge in [0.15, 0.2) is 4.96 Å². The topological polar surface area (TPSA) is 72.7 Å². The number of fused-ring (bicyclic) bond motifs is 3. The van der Waals surface area contributed by atoms with Crippen LogP contribution in [0.5, 0.6) is 0 Å². The van der Waals surface area contributed by atoms with Gasteiger partial charge in [0.2, 0.25) is 0 Å². The molecule has 4 aromatic rings. The van der Waals surface area contributed by atoms with Gasteiger partial charge in [-0.05, 0) is 37.3 Å². The van der Waals surface area contributed by atoms with E-state index in [1.165, 1.54) is 11.3 Å². The molecule has 0 saturated carbocycles. The van der Waals surface area contributed by atoms with Gasteiger partial charge in [0.25, 0.3) is 5.91 Å². The Bertz CT molecular complexity index is 1160. The zero-order valence-electron chi connectivity index (χ0n) is 14.9. The zero-order chi connectivity index (χ0) is 19.0. The number of thiazole rings is 1. The number of nitrogens with zero attached hydrogens (tertiary/aromatic N) is 2. The Balaban J connectivity index is 1.70. The lowest BCUT2D eigenvalue weighted by atomic mass is 10.1. The number of hydrogen-bond acceptors (Lipinski definition) is 5. The third-order valence-corrected chi connectivity index (χ3v) is 5.29. The summed E-state index contributed by atoms with van der Waals surface area (Å²) in [5.74, 6) is -0.432. The number of aromatic nitrogens is 2. The Morgan fingerprint density at radius 1 is 1.15 bits per heavy atom. The lowest BCUT2D eigenvalue weighted by Crippen LogP contribution is -2.17. The molecule has 1 amide bonds. The minimum Gasteiger partial charge on any atom is -0.462 e. The van der Waals surface area contributed by atoms with E-state index in [2.05, 4.69) is 5.32 Å². The highest BCUT2D eigenvalue weighted by Crippen LogP contribution is 2.30. The van der Waals surface area contributed by atoms with Crippen LogP contribution in [0.4, 0.5) is 0 Å². The maximum atomic E-state index is 11.9. The van der Waals surface area contributed by atoms with Crippen molar-refractivity contribution in [3.8, 4) is 11.3 Å². The molecule has 0 unspecified atom stereocenters. The summed E-state index contributed by atoms with van der Waals surface area (Å²) in [7, 11) is 1.61. The first kappa shape index (κ1) is 17.2. The molecule has 0 aliphatic rings. The maximum Gasteiger partial charge on any atom is 0.338 e. The molecule has 136 valence electrons. The highest BCUT2D eigenvalue weighted by atomic mass is 32.1. The van der Waals surface area contributed by atoms with Crippen molar-refractivity contribution in [2.45, 2.75) is 6.92 Å². The Morgan fingerprint density at radius 3 is 2.59 bits per heavy atom.